The van der Waals surface area contributed by atoms with Crippen LogP contribution in [0.15, 0.2) is 45.8 Å². The van der Waals surface area contributed by atoms with Crippen molar-refractivity contribution in [1.29, 1.82) is 0 Å². The summed E-state index contributed by atoms with van der Waals surface area (Å²) >= 11 is 3.14. The van der Waals surface area contributed by atoms with E-state index in [0.717, 1.165) is 24.2 Å². The second-order valence-corrected chi connectivity index (χ2v) is 7.23. The number of para-hydroxylation sites is 1. The lowest BCUT2D eigenvalue weighted by Gasteiger charge is -2.11. The molecule has 0 aliphatic carbocycles. The minimum Gasteiger partial charge on any atom is -0.384 e. The molecule has 0 fully saturated rings. The summed E-state index contributed by atoms with van der Waals surface area (Å²) in [4.78, 5) is 0.103. The zero-order valence-electron chi connectivity index (χ0n) is 10.9. The summed E-state index contributed by atoms with van der Waals surface area (Å²) in [7, 11) is -3.84. The predicted octanol–water partition coefficient (Wildman–Crippen LogP) is 3.36. The van der Waals surface area contributed by atoms with Crippen LogP contribution in [0.3, 0.4) is 0 Å². The zero-order chi connectivity index (χ0) is 15.0. The lowest BCUT2D eigenvalue weighted by Crippen LogP contribution is -2.14. The summed E-state index contributed by atoms with van der Waals surface area (Å²) < 4.78 is 41.1. The van der Waals surface area contributed by atoms with Gasteiger partial charge in [-0.15, -0.1) is 0 Å². The molecule has 0 atom stereocenters. The Morgan fingerprint density at radius 2 is 2.05 bits per heavy atom. The molecule has 2 aromatic rings. The maximum Gasteiger partial charge on any atom is 0.262 e. The standard InChI is InChI=1S/C14H12BrFN2O2S/c15-11-2-1-3-12(16)14(11)18-21(19,20)10-5-4-9-6-7-17-13(9)8-10/h1-5,8,17-18H,6-7H2. The predicted molar refractivity (Wildman–Crippen MR) is 83.5 cm³/mol. The number of sulfonamides is 1. The van der Waals surface area contributed by atoms with Crippen LogP contribution < -0.4 is 10.0 Å². The summed E-state index contributed by atoms with van der Waals surface area (Å²) in [6.45, 7) is 0.797. The first kappa shape index (κ1) is 14.3. The van der Waals surface area contributed by atoms with Gasteiger partial charge in [-0.25, -0.2) is 12.8 Å². The molecule has 1 aliphatic heterocycles. The average molecular weight is 371 g/mol. The third-order valence-corrected chi connectivity index (χ3v) is 5.31. The normalized spacial score (nSPS) is 13.6. The molecule has 1 aliphatic rings. The van der Waals surface area contributed by atoms with Gasteiger partial charge in [-0.2, -0.15) is 0 Å². The lowest BCUT2D eigenvalue weighted by molar-refractivity contribution is 0.598. The van der Waals surface area contributed by atoms with Crippen molar-refractivity contribution >= 4 is 37.3 Å². The van der Waals surface area contributed by atoms with E-state index in [-0.39, 0.29) is 10.6 Å². The summed E-state index contributed by atoms with van der Waals surface area (Å²) in [6, 6.07) is 9.15. The van der Waals surface area contributed by atoms with Gasteiger partial charge in [0, 0.05) is 16.7 Å². The lowest BCUT2D eigenvalue weighted by atomic mass is 10.2. The van der Waals surface area contributed by atoms with Gasteiger partial charge in [0.15, 0.2) is 0 Å². The number of hydrogen-bond acceptors (Lipinski definition) is 3. The fraction of sp³-hybridized carbons (Fsp3) is 0.143. The van der Waals surface area contributed by atoms with E-state index in [1.807, 2.05) is 0 Å². The maximum atomic E-state index is 13.7. The summed E-state index contributed by atoms with van der Waals surface area (Å²) in [5.74, 6) is -0.632. The van der Waals surface area contributed by atoms with Gasteiger partial charge in [0.25, 0.3) is 10.0 Å². The molecule has 110 valence electrons. The fourth-order valence-electron chi connectivity index (χ4n) is 2.23. The van der Waals surface area contributed by atoms with E-state index in [1.54, 1.807) is 18.2 Å². The van der Waals surface area contributed by atoms with Crippen LogP contribution in [0.1, 0.15) is 5.56 Å². The Bertz CT molecular complexity index is 788. The molecule has 0 saturated carbocycles. The molecular weight excluding hydrogens is 359 g/mol. The first-order valence-corrected chi connectivity index (χ1v) is 8.58. The molecule has 7 heteroatoms. The Morgan fingerprint density at radius 1 is 1.24 bits per heavy atom. The summed E-state index contributed by atoms with van der Waals surface area (Å²) in [5, 5.41) is 3.12. The minimum atomic E-state index is -3.84. The van der Waals surface area contributed by atoms with Crippen LogP contribution in [0, 0.1) is 5.82 Å². The number of halogens is 2. The first-order valence-electron chi connectivity index (χ1n) is 6.31. The van der Waals surface area contributed by atoms with Crippen LogP contribution in [-0.4, -0.2) is 15.0 Å². The molecule has 2 N–H and O–H groups in total. The zero-order valence-corrected chi connectivity index (χ0v) is 13.3. The molecule has 0 radical (unpaired) electrons. The monoisotopic (exact) mass is 370 g/mol. The van der Waals surface area contributed by atoms with Crippen LogP contribution in [0.25, 0.3) is 0 Å². The Kier molecular flexibility index (Phi) is 3.62. The molecule has 0 saturated heterocycles. The van der Waals surface area contributed by atoms with Gasteiger partial charge < -0.3 is 5.32 Å². The van der Waals surface area contributed by atoms with Crippen molar-refractivity contribution in [2.24, 2.45) is 0 Å². The smallest absolute Gasteiger partial charge is 0.262 e. The van der Waals surface area contributed by atoms with Crippen molar-refractivity contribution < 1.29 is 12.8 Å². The number of nitrogens with one attached hydrogen (secondary N) is 2. The van der Waals surface area contributed by atoms with E-state index in [4.69, 9.17) is 0 Å². The highest BCUT2D eigenvalue weighted by Gasteiger charge is 2.20. The van der Waals surface area contributed by atoms with Crippen molar-refractivity contribution in [2.75, 3.05) is 16.6 Å². The van der Waals surface area contributed by atoms with Crippen molar-refractivity contribution in [2.45, 2.75) is 11.3 Å². The molecule has 0 unspecified atom stereocenters. The highest BCUT2D eigenvalue weighted by Crippen LogP contribution is 2.30. The molecular formula is C14H12BrFN2O2S. The topological polar surface area (TPSA) is 58.2 Å². The van der Waals surface area contributed by atoms with E-state index in [0.29, 0.717) is 4.47 Å². The Morgan fingerprint density at radius 3 is 2.81 bits per heavy atom. The largest absolute Gasteiger partial charge is 0.384 e. The van der Waals surface area contributed by atoms with Crippen LogP contribution in [0.5, 0.6) is 0 Å². The number of benzene rings is 2. The molecule has 3 rings (SSSR count). The molecule has 0 spiro atoms. The van der Waals surface area contributed by atoms with Crippen molar-refractivity contribution in [3.8, 4) is 0 Å². The molecule has 21 heavy (non-hydrogen) atoms. The van der Waals surface area contributed by atoms with Gasteiger partial charge in [-0.1, -0.05) is 12.1 Å². The summed E-state index contributed by atoms with van der Waals surface area (Å²) in [6.07, 6.45) is 0.877. The van der Waals surface area contributed by atoms with Crippen LogP contribution in [0.4, 0.5) is 15.8 Å². The highest BCUT2D eigenvalue weighted by molar-refractivity contribution is 9.10. The third kappa shape index (κ3) is 2.75. The minimum absolute atomic E-state index is 0.0917. The van der Waals surface area contributed by atoms with Gasteiger partial charge in [-0.05, 0) is 52.2 Å². The average Bonchev–Trinajstić information content (AvgIpc) is 2.90. The SMILES string of the molecule is O=S(=O)(Nc1c(F)cccc1Br)c1ccc2c(c1)NCC2. The van der Waals surface area contributed by atoms with Crippen molar-refractivity contribution in [1.82, 2.24) is 0 Å². The molecule has 2 aromatic carbocycles. The summed E-state index contributed by atoms with van der Waals surface area (Å²) in [5.41, 5.74) is 1.80. The Balaban J connectivity index is 1.98. The number of hydrogen-bond donors (Lipinski definition) is 2. The second kappa shape index (κ2) is 5.31. The molecule has 1 heterocycles. The van der Waals surface area contributed by atoms with Crippen LogP contribution in [-0.2, 0) is 16.4 Å². The molecule has 0 aromatic heterocycles. The van der Waals surface area contributed by atoms with E-state index in [2.05, 4.69) is 26.0 Å². The van der Waals surface area contributed by atoms with E-state index in [9.17, 15) is 12.8 Å². The van der Waals surface area contributed by atoms with Gasteiger partial charge in [-0.3, -0.25) is 4.72 Å². The molecule has 4 nitrogen and oxygen atoms in total. The highest BCUT2D eigenvalue weighted by atomic mass is 79.9. The van der Waals surface area contributed by atoms with E-state index < -0.39 is 15.8 Å². The van der Waals surface area contributed by atoms with E-state index in [1.165, 1.54) is 18.2 Å². The van der Waals surface area contributed by atoms with E-state index >= 15 is 0 Å². The van der Waals surface area contributed by atoms with Gasteiger partial charge in [0.1, 0.15) is 5.82 Å². The maximum absolute atomic E-state index is 13.7. The van der Waals surface area contributed by atoms with Crippen molar-refractivity contribution in [3.63, 3.8) is 0 Å². The van der Waals surface area contributed by atoms with Crippen LogP contribution in [0.2, 0.25) is 0 Å². The number of anilines is 2. The third-order valence-electron chi connectivity index (χ3n) is 3.30. The number of fused-ring (bicyclic) bond motifs is 1. The second-order valence-electron chi connectivity index (χ2n) is 4.70. The molecule has 0 amide bonds. The quantitative estimate of drug-likeness (QED) is 0.870. The molecule has 0 bridgehead atoms. The Labute approximate surface area is 130 Å². The van der Waals surface area contributed by atoms with Crippen LogP contribution >= 0.6 is 15.9 Å². The van der Waals surface area contributed by atoms with Gasteiger partial charge in [0.05, 0.1) is 10.6 Å². The first-order chi connectivity index (χ1) is 9.97. The van der Waals surface area contributed by atoms with Gasteiger partial charge >= 0.3 is 0 Å². The van der Waals surface area contributed by atoms with Gasteiger partial charge in [0.2, 0.25) is 0 Å². The van der Waals surface area contributed by atoms with Crippen molar-refractivity contribution in [3.05, 3.63) is 52.3 Å². The number of rotatable bonds is 3. The Hall–Kier alpha value is -1.60. The fourth-order valence-corrected chi connectivity index (χ4v) is 3.91.